The average Bonchev–Trinajstić information content (AvgIpc) is 3.17. The maximum absolute atomic E-state index is 13.1. The van der Waals surface area contributed by atoms with Crippen LogP contribution in [-0.2, 0) is 9.84 Å². The Labute approximate surface area is 346 Å². The van der Waals surface area contributed by atoms with Crippen LogP contribution in [-0.4, -0.2) is 86.1 Å². The van der Waals surface area contributed by atoms with Crippen LogP contribution in [0.2, 0.25) is 15.1 Å². The minimum Gasteiger partial charge on any atom is -0.496 e. The zero-order valence-electron chi connectivity index (χ0n) is 31.9. The molecule has 2 heterocycles. The molecule has 2 atom stereocenters. The number of nitrogens with zero attached hydrogens (tertiary/aromatic N) is 2. The number of piperazine rings is 2. The topological polar surface area (TPSA) is 115 Å². The molecule has 0 amide bonds. The number of methoxy groups -OCH3 is 1. The third-order valence-electron chi connectivity index (χ3n) is 9.62. The first-order chi connectivity index (χ1) is 26.9. The Bertz CT molecular complexity index is 2130. The van der Waals surface area contributed by atoms with E-state index in [9.17, 15) is 26.4 Å². The van der Waals surface area contributed by atoms with Gasteiger partial charge in [0.2, 0.25) is 0 Å². The Balaban J connectivity index is 0.000000218. The molecule has 2 aliphatic heterocycles. The SMILES string of the molecule is CC(Nc1cc(N2CCNCC2)ccc1C(=O)C(F)(F)F)c1cc(Cl)cc(Cl)c1.COc1ccc(Cl)cc1C(C)Nc1cc(N2CCNCC2)ccc1S(C)(=O)=O. The summed E-state index contributed by atoms with van der Waals surface area (Å²) in [6.45, 7) is 10.3. The van der Waals surface area contributed by atoms with Crippen molar-refractivity contribution in [2.24, 2.45) is 0 Å². The highest BCUT2D eigenvalue weighted by molar-refractivity contribution is 7.90. The van der Waals surface area contributed by atoms with Crippen molar-refractivity contribution in [1.82, 2.24) is 10.6 Å². The molecule has 2 unspecified atom stereocenters. The first kappa shape index (κ1) is 44.2. The quantitative estimate of drug-likeness (QED) is 0.109. The molecule has 57 heavy (non-hydrogen) atoms. The molecule has 10 nitrogen and oxygen atoms in total. The fourth-order valence-corrected chi connectivity index (χ4v) is 8.25. The molecule has 2 fully saturated rings. The number of halogens is 6. The summed E-state index contributed by atoms with van der Waals surface area (Å²) in [4.78, 5) is 16.6. The van der Waals surface area contributed by atoms with Gasteiger partial charge in [-0.3, -0.25) is 4.79 Å². The largest absolute Gasteiger partial charge is 0.496 e. The lowest BCUT2D eigenvalue weighted by atomic mass is 10.0. The van der Waals surface area contributed by atoms with E-state index in [0.29, 0.717) is 32.1 Å². The minimum atomic E-state index is -4.96. The summed E-state index contributed by atoms with van der Waals surface area (Å²) in [6, 6.07) is 19.5. The van der Waals surface area contributed by atoms with Crippen LogP contribution in [0.3, 0.4) is 0 Å². The molecule has 17 heteroatoms. The fraction of sp³-hybridized carbons (Fsp3) is 0.375. The number of carbonyl (C=O) groups is 1. The van der Waals surface area contributed by atoms with Crippen molar-refractivity contribution in [2.75, 3.05) is 86.2 Å². The monoisotopic (exact) mass is 868 g/mol. The molecule has 2 saturated heterocycles. The summed E-state index contributed by atoms with van der Waals surface area (Å²) in [5.41, 5.74) is 3.59. The Morgan fingerprint density at radius 2 is 1.26 bits per heavy atom. The molecule has 2 aliphatic rings. The number of hydrogen-bond acceptors (Lipinski definition) is 10. The number of carbonyl (C=O) groups excluding carboxylic acids is 1. The fourth-order valence-electron chi connectivity index (χ4n) is 6.69. The highest BCUT2D eigenvalue weighted by Crippen LogP contribution is 2.36. The maximum atomic E-state index is 13.1. The molecular formula is C40H46Cl3F3N6O4S. The Hall–Kier alpha value is -3.92. The van der Waals surface area contributed by atoms with E-state index < -0.39 is 33.4 Å². The third kappa shape index (κ3) is 11.8. The molecule has 0 saturated carbocycles. The molecule has 4 aromatic carbocycles. The Morgan fingerprint density at radius 3 is 1.79 bits per heavy atom. The smallest absolute Gasteiger partial charge is 0.454 e. The molecule has 0 radical (unpaired) electrons. The predicted molar refractivity (Wildman–Crippen MR) is 225 cm³/mol. The number of ether oxygens (including phenoxy) is 1. The van der Waals surface area contributed by atoms with Crippen molar-refractivity contribution >= 4 is 73.2 Å². The maximum Gasteiger partial charge on any atom is 0.454 e. The zero-order chi connectivity index (χ0) is 41.5. The molecule has 0 aromatic heterocycles. The van der Waals surface area contributed by atoms with Gasteiger partial charge >= 0.3 is 6.18 Å². The normalized spacial score (nSPS) is 15.9. The van der Waals surface area contributed by atoms with Gasteiger partial charge in [-0.25, -0.2) is 8.42 Å². The van der Waals surface area contributed by atoms with Crippen molar-refractivity contribution < 1.29 is 31.1 Å². The molecule has 6 rings (SSSR count). The van der Waals surface area contributed by atoms with E-state index in [1.165, 1.54) is 12.3 Å². The van der Waals surface area contributed by atoms with Crippen LogP contribution >= 0.6 is 34.8 Å². The number of benzene rings is 4. The summed E-state index contributed by atoms with van der Waals surface area (Å²) >= 11 is 18.2. The lowest BCUT2D eigenvalue weighted by Crippen LogP contribution is -2.43. The van der Waals surface area contributed by atoms with E-state index in [-0.39, 0.29) is 16.6 Å². The van der Waals surface area contributed by atoms with E-state index in [1.807, 2.05) is 31.2 Å². The second kappa shape index (κ2) is 19.2. The van der Waals surface area contributed by atoms with Gasteiger partial charge < -0.3 is 35.8 Å². The number of hydrogen-bond donors (Lipinski definition) is 4. The lowest BCUT2D eigenvalue weighted by molar-refractivity contribution is -0.0884. The second-order valence-electron chi connectivity index (χ2n) is 13.8. The van der Waals surface area contributed by atoms with Crippen LogP contribution in [0.4, 0.5) is 35.9 Å². The minimum absolute atomic E-state index is 0.118. The van der Waals surface area contributed by atoms with Gasteiger partial charge in [-0.2, -0.15) is 13.2 Å². The standard InChI is InChI=1S/C20H20Cl2F3N3O.C20H26ClN3O3S/c1-12(13-8-14(21)10-15(22)9-13)27-18-11-16(28-6-4-26-5-7-28)2-3-17(18)19(29)20(23,24)25;1-14(17-12-15(21)4-6-19(17)27-2)23-18-13-16(24-10-8-22-9-11-24)5-7-20(18)28(3,25)26/h2-3,8-12,26-27H,4-7H2,1H3;4-7,12-14,22-23H,8-11H2,1-3H3. The molecule has 0 bridgehead atoms. The van der Waals surface area contributed by atoms with Crippen LogP contribution in [0, 0.1) is 0 Å². The summed E-state index contributed by atoms with van der Waals surface area (Å²) < 4.78 is 69.4. The summed E-state index contributed by atoms with van der Waals surface area (Å²) in [5.74, 6) is -1.19. The summed E-state index contributed by atoms with van der Waals surface area (Å²) in [6.07, 6.45) is -3.74. The van der Waals surface area contributed by atoms with Crippen molar-refractivity contribution in [3.05, 3.63) is 105 Å². The summed E-state index contributed by atoms with van der Waals surface area (Å²) in [5, 5.41) is 14.4. The van der Waals surface area contributed by atoms with Gasteiger partial charge in [0.1, 0.15) is 5.75 Å². The van der Waals surface area contributed by atoms with Gasteiger partial charge in [-0.15, -0.1) is 0 Å². The first-order valence-electron chi connectivity index (χ1n) is 18.3. The van der Waals surface area contributed by atoms with Crippen molar-refractivity contribution in [3.63, 3.8) is 0 Å². The Kier molecular flexibility index (Phi) is 14.9. The lowest BCUT2D eigenvalue weighted by Gasteiger charge is -2.30. The summed E-state index contributed by atoms with van der Waals surface area (Å²) in [7, 11) is -1.78. The van der Waals surface area contributed by atoms with Crippen LogP contribution in [0.25, 0.3) is 0 Å². The van der Waals surface area contributed by atoms with Crippen LogP contribution in [0.1, 0.15) is 47.4 Å². The van der Waals surface area contributed by atoms with Gasteiger partial charge in [0.15, 0.2) is 9.84 Å². The number of Topliss-reactive ketones (excluding diaryl/α,β-unsaturated/α-hetero) is 1. The van der Waals surface area contributed by atoms with Crippen molar-refractivity contribution in [1.29, 1.82) is 0 Å². The van der Waals surface area contributed by atoms with Gasteiger partial charge in [-0.05, 0) is 92.2 Å². The molecule has 0 spiro atoms. The van der Waals surface area contributed by atoms with Crippen molar-refractivity contribution in [2.45, 2.75) is 37.0 Å². The molecule has 0 aliphatic carbocycles. The van der Waals surface area contributed by atoms with Gasteiger partial charge in [0.05, 0.1) is 29.3 Å². The van der Waals surface area contributed by atoms with Crippen LogP contribution < -0.4 is 35.8 Å². The van der Waals surface area contributed by atoms with Gasteiger partial charge in [0, 0.05) is 102 Å². The molecule has 4 aromatic rings. The second-order valence-corrected chi connectivity index (χ2v) is 17.1. The number of sulfone groups is 1. The van der Waals surface area contributed by atoms with E-state index in [0.717, 1.165) is 69.3 Å². The highest BCUT2D eigenvalue weighted by Gasteiger charge is 2.40. The first-order valence-corrected chi connectivity index (χ1v) is 21.3. The zero-order valence-corrected chi connectivity index (χ0v) is 35.0. The van der Waals surface area contributed by atoms with Gasteiger partial charge in [0.25, 0.3) is 5.78 Å². The van der Waals surface area contributed by atoms with E-state index in [4.69, 9.17) is 39.5 Å². The number of rotatable bonds is 11. The van der Waals surface area contributed by atoms with Crippen LogP contribution in [0.15, 0.2) is 77.7 Å². The highest BCUT2D eigenvalue weighted by atomic mass is 35.5. The third-order valence-corrected chi connectivity index (χ3v) is 11.4. The van der Waals surface area contributed by atoms with Crippen LogP contribution in [0.5, 0.6) is 5.75 Å². The predicted octanol–water partition coefficient (Wildman–Crippen LogP) is 8.66. The van der Waals surface area contributed by atoms with E-state index in [1.54, 1.807) is 56.5 Å². The number of ketones is 1. The number of alkyl halides is 3. The van der Waals surface area contributed by atoms with E-state index in [2.05, 4.69) is 31.1 Å². The molecule has 308 valence electrons. The van der Waals surface area contributed by atoms with Gasteiger partial charge in [-0.1, -0.05) is 34.8 Å². The van der Waals surface area contributed by atoms with E-state index >= 15 is 0 Å². The Morgan fingerprint density at radius 1 is 0.737 bits per heavy atom. The number of nitrogens with one attached hydrogen (secondary N) is 4. The van der Waals surface area contributed by atoms with Crippen molar-refractivity contribution in [3.8, 4) is 5.75 Å². The molecule has 4 N–H and O–H groups in total. The number of anilines is 4. The average molecular weight is 870 g/mol. The molecular weight excluding hydrogens is 824 g/mol.